The number of carbonyl (C=O) groups is 1. The van der Waals surface area contributed by atoms with E-state index in [0.717, 1.165) is 31.7 Å². The van der Waals surface area contributed by atoms with Gasteiger partial charge in [0.1, 0.15) is 22.9 Å². The largest absolute Gasteiger partial charge is 0.380 e. The summed E-state index contributed by atoms with van der Waals surface area (Å²) in [5, 5.41) is 13.6. The van der Waals surface area contributed by atoms with E-state index in [-0.39, 0.29) is 23.6 Å². The summed E-state index contributed by atoms with van der Waals surface area (Å²) in [6.45, 7) is 1.47. The van der Waals surface area contributed by atoms with Crippen LogP contribution >= 0.6 is 0 Å². The molecule has 1 aliphatic heterocycles. The summed E-state index contributed by atoms with van der Waals surface area (Å²) in [7, 11) is 3.40. The zero-order valence-corrected chi connectivity index (χ0v) is 21.2. The standard InChI is InChI=1S/C27H29N7O4/c1-28-24-12-23(32-25-19(13-29-34(24)25)26(35)31-20-9-10-22(20)37-2)30-21-4-3-11-33(27(21)36)18-7-5-16(6-8-18)17-14-38-15-17/h3-8,11-13,17,20,22,28H,9-10,14-15H2,1-2H3,(H,30,32)(H,31,35)/t20-,22-/m1/s1. The van der Waals surface area contributed by atoms with Gasteiger partial charge in [-0.25, -0.2) is 4.98 Å². The minimum absolute atomic E-state index is 0.0162. The van der Waals surface area contributed by atoms with Crippen LogP contribution < -0.4 is 21.5 Å². The zero-order valence-electron chi connectivity index (χ0n) is 21.2. The first-order chi connectivity index (χ1) is 18.6. The number of benzene rings is 1. The van der Waals surface area contributed by atoms with Gasteiger partial charge in [0.25, 0.3) is 11.5 Å². The minimum atomic E-state index is -0.266. The molecule has 0 unspecified atom stereocenters. The molecule has 11 nitrogen and oxygen atoms in total. The number of fused-ring (bicyclic) bond motifs is 1. The molecule has 0 bridgehead atoms. The van der Waals surface area contributed by atoms with Crippen molar-refractivity contribution in [2.75, 3.05) is 38.0 Å². The van der Waals surface area contributed by atoms with E-state index in [0.29, 0.717) is 34.5 Å². The van der Waals surface area contributed by atoms with Crippen molar-refractivity contribution in [1.82, 2.24) is 24.5 Å². The van der Waals surface area contributed by atoms with Crippen LogP contribution in [-0.4, -0.2) is 64.6 Å². The van der Waals surface area contributed by atoms with E-state index in [1.54, 1.807) is 47.6 Å². The van der Waals surface area contributed by atoms with Gasteiger partial charge >= 0.3 is 0 Å². The summed E-state index contributed by atoms with van der Waals surface area (Å²) in [5.74, 6) is 1.17. The lowest BCUT2D eigenvalue weighted by Crippen LogP contribution is -2.51. The van der Waals surface area contributed by atoms with Gasteiger partial charge in [0.2, 0.25) is 0 Å². The van der Waals surface area contributed by atoms with Crippen molar-refractivity contribution in [3.63, 3.8) is 0 Å². The predicted molar refractivity (Wildman–Crippen MR) is 143 cm³/mol. The number of hydrogen-bond donors (Lipinski definition) is 3. The quantitative estimate of drug-likeness (QED) is 0.327. The Morgan fingerprint density at radius 1 is 1.16 bits per heavy atom. The van der Waals surface area contributed by atoms with E-state index in [2.05, 4.69) is 26.0 Å². The van der Waals surface area contributed by atoms with Gasteiger partial charge in [-0.3, -0.25) is 14.2 Å². The molecular formula is C27H29N7O4. The number of methoxy groups -OCH3 is 1. The topological polar surface area (TPSA) is 124 Å². The molecule has 38 heavy (non-hydrogen) atoms. The first-order valence-electron chi connectivity index (χ1n) is 12.6. The molecule has 11 heteroatoms. The van der Waals surface area contributed by atoms with Gasteiger partial charge in [0.05, 0.1) is 31.6 Å². The SMILES string of the molecule is CNc1cc(Nc2cccn(-c3ccc(C4COC4)cc3)c2=O)nc2c(C(=O)N[C@@H]3CC[C@H]3OC)cnn12. The van der Waals surface area contributed by atoms with Crippen LogP contribution in [0.15, 0.2) is 59.7 Å². The van der Waals surface area contributed by atoms with Crippen LogP contribution in [0.1, 0.15) is 34.7 Å². The van der Waals surface area contributed by atoms with E-state index in [1.165, 1.54) is 11.8 Å². The molecule has 1 saturated heterocycles. The molecule has 2 fully saturated rings. The Bertz CT molecular complexity index is 1540. The van der Waals surface area contributed by atoms with Crippen LogP contribution in [0.2, 0.25) is 0 Å². The van der Waals surface area contributed by atoms with Crippen molar-refractivity contribution in [3.05, 3.63) is 76.3 Å². The smallest absolute Gasteiger partial charge is 0.278 e. The van der Waals surface area contributed by atoms with Crippen molar-refractivity contribution in [3.8, 4) is 5.69 Å². The third-order valence-corrected chi connectivity index (χ3v) is 7.29. The van der Waals surface area contributed by atoms with Crippen LogP contribution in [0.5, 0.6) is 0 Å². The Morgan fingerprint density at radius 3 is 2.63 bits per heavy atom. The summed E-state index contributed by atoms with van der Waals surface area (Å²) >= 11 is 0. The van der Waals surface area contributed by atoms with Gasteiger partial charge in [-0.05, 0) is 42.7 Å². The fourth-order valence-corrected chi connectivity index (χ4v) is 4.79. The highest BCUT2D eigenvalue weighted by Crippen LogP contribution is 2.26. The van der Waals surface area contributed by atoms with Gasteiger partial charge in [-0.2, -0.15) is 9.61 Å². The van der Waals surface area contributed by atoms with Crippen LogP contribution in [0.4, 0.5) is 17.3 Å². The molecule has 2 atom stereocenters. The van der Waals surface area contributed by atoms with E-state index < -0.39 is 0 Å². The molecule has 0 spiro atoms. The summed E-state index contributed by atoms with van der Waals surface area (Å²) in [4.78, 5) is 31.0. The number of anilines is 3. The fourth-order valence-electron chi connectivity index (χ4n) is 4.79. The lowest BCUT2D eigenvalue weighted by atomic mass is 9.89. The highest BCUT2D eigenvalue weighted by atomic mass is 16.5. The first kappa shape index (κ1) is 24.1. The van der Waals surface area contributed by atoms with E-state index in [9.17, 15) is 9.59 Å². The zero-order chi connectivity index (χ0) is 26.2. The molecule has 1 amide bonds. The van der Waals surface area contributed by atoms with Gasteiger partial charge in [0.15, 0.2) is 5.65 Å². The van der Waals surface area contributed by atoms with E-state index in [1.807, 2.05) is 24.3 Å². The van der Waals surface area contributed by atoms with E-state index >= 15 is 0 Å². The minimum Gasteiger partial charge on any atom is -0.380 e. The van der Waals surface area contributed by atoms with Gasteiger partial charge in [-0.1, -0.05) is 12.1 Å². The highest BCUT2D eigenvalue weighted by Gasteiger charge is 2.33. The van der Waals surface area contributed by atoms with Gasteiger partial charge in [-0.15, -0.1) is 0 Å². The maximum absolute atomic E-state index is 13.4. The third kappa shape index (κ3) is 4.29. The second kappa shape index (κ2) is 9.92. The number of nitrogens with one attached hydrogen (secondary N) is 3. The summed E-state index contributed by atoms with van der Waals surface area (Å²) < 4.78 is 13.8. The Morgan fingerprint density at radius 2 is 1.97 bits per heavy atom. The second-order valence-corrected chi connectivity index (χ2v) is 9.55. The summed E-state index contributed by atoms with van der Waals surface area (Å²) in [6, 6.07) is 13.2. The predicted octanol–water partition coefficient (Wildman–Crippen LogP) is 2.69. The summed E-state index contributed by atoms with van der Waals surface area (Å²) in [5.41, 5.74) is 2.82. The molecule has 1 saturated carbocycles. The highest BCUT2D eigenvalue weighted by molar-refractivity contribution is 6.00. The number of amides is 1. The number of nitrogens with zero attached hydrogens (tertiary/aromatic N) is 4. The Labute approximate surface area is 218 Å². The fraction of sp³-hybridized carbons (Fsp3) is 0.333. The summed E-state index contributed by atoms with van der Waals surface area (Å²) in [6.07, 6.45) is 5.03. The molecule has 3 aromatic heterocycles. The van der Waals surface area contributed by atoms with Crippen molar-refractivity contribution < 1.29 is 14.3 Å². The number of pyridine rings is 1. The molecule has 0 radical (unpaired) electrons. The second-order valence-electron chi connectivity index (χ2n) is 9.55. The number of aromatic nitrogens is 4. The molecular weight excluding hydrogens is 486 g/mol. The lowest BCUT2D eigenvalue weighted by molar-refractivity contribution is 0.00732. The third-order valence-electron chi connectivity index (χ3n) is 7.29. The van der Waals surface area contributed by atoms with Crippen molar-refractivity contribution >= 4 is 28.9 Å². The van der Waals surface area contributed by atoms with Gasteiger partial charge < -0.3 is 25.4 Å². The molecule has 3 N–H and O–H groups in total. The van der Waals surface area contributed by atoms with Crippen molar-refractivity contribution in [1.29, 1.82) is 0 Å². The molecule has 1 aliphatic carbocycles. The van der Waals surface area contributed by atoms with Crippen LogP contribution in [-0.2, 0) is 9.47 Å². The first-order valence-corrected chi connectivity index (χ1v) is 12.6. The van der Waals surface area contributed by atoms with Gasteiger partial charge in [0, 0.05) is 38.0 Å². The Hall–Kier alpha value is -4.22. The average molecular weight is 516 g/mol. The van der Waals surface area contributed by atoms with E-state index in [4.69, 9.17) is 9.47 Å². The molecule has 4 aromatic rings. The van der Waals surface area contributed by atoms with Crippen LogP contribution in [0.25, 0.3) is 11.3 Å². The average Bonchev–Trinajstić information content (AvgIpc) is 3.31. The molecule has 4 heterocycles. The monoisotopic (exact) mass is 515 g/mol. The van der Waals surface area contributed by atoms with Crippen molar-refractivity contribution in [2.45, 2.75) is 30.9 Å². The molecule has 2 aliphatic rings. The number of hydrogen-bond acceptors (Lipinski definition) is 8. The number of rotatable bonds is 8. The number of carbonyl (C=O) groups excluding carboxylic acids is 1. The molecule has 6 rings (SSSR count). The Balaban J connectivity index is 1.29. The lowest BCUT2D eigenvalue weighted by Gasteiger charge is -2.35. The van der Waals surface area contributed by atoms with Crippen LogP contribution in [0.3, 0.4) is 0 Å². The molecule has 1 aromatic carbocycles. The van der Waals surface area contributed by atoms with Crippen molar-refractivity contribution in [2.24, 2.45) is 0 Å². The van der Waals surface area contributed by atoms with Crippen LogP contribution in [0, 0.1) is 0 Å². The maximum atomic E-state index is 13.4. The Kier molecular flexibility index (Phi) is 6.30. The molecule has 196 valence electrons. The normalized spacial score (nSPS) is 19.0. The maximum Gasteiger partial charge on any atom is 0.278 e. The number of ether oxygens (including phenoxy) is 2.